The first-order valence-electron chi connectivity index (χ1n) is 7.42. The van der Waals surface area contributed by atoms with Crippen molar-refractivity contribution in [3.8, 4) is 5.75 Å². The van der Waals surface area contributed by atoms with Crippen LogP contribution in [0.5, 0.6) is 5.75 Å². The highest BCUT2D eigenvalue weighted by atomic mass is 79.9. The Morgan fingerprint density at radius 1 is 1.20 bits per heavy atom. The van der Waals surface area contributed by atoms with Crippen LogP contribution in [0.4, 0.5) is 0 Å². The molecule has 0 unspecified atom stereocenters. The second-order valence-corrected chi connectivity index (χ2v) is 7.29. The monoisotopic (exact) mass is 403 g/mol. The lowest BCUT2D eigenvalue weighted by molar-refractivity contribution is 0.182. The summed E-state index contributed by atoms with van der Waals surface area (Å²) >= 11 is 7.19. The normalized spacial score (nSPS) is 16.6. The lowest BCUT2D eigenvalue weighted by atomic mass is 9.94. The summed E-state index contributed by atoms with van der Waals surface area (Å²) in [6.07, 6.45) is 6.80. The molecule has 0 bridgehead atoms. The van der Waals surface area contributed by atoms with Gasteiger partial charge in [0, 0.05) is 22.6 Å². The Balaban J connectivity index is 2.14. The van der Waals surface area contributed by atoms with E-state index < -0.39 is 0 Å². The molecule has 112 valence electrons. The Morgan fingerprint density at radius 2 is 1.90 bits per heavy atom. The van der Waals surface area contributed by atoms with Crippen LogP contribution in [-0.2, 0) is 6.54 Å². The van der Waals surface area contributed by atoms with Crippen molar-refractivity contribution >= 4 is 31.9 Å². The zero-order valence-electron chi connectivity index (χ0n) is 12.3. The molecule has 0 heterocycles. The van der Waals surface area contributed by atoms with Crippen molar-refractivity contribution in [3.05, 3.63) is 26.6 Å². The fourth-order valence-electron chi connectivity index (χ4n) is 2.96. The Morgan fingerprint density at radius 3 is 2.55 bits per heavy atom. The first-order chi connectivity index (χ1) is 9.61. The molecule has 2 rings (SSSR count). The van der Waals surface area contributed by atoms with E-state index in [-0.39, 0.29) is 0 Å². The molecular formula is C16H23Br2NO. The van der Waals surface area contributed by atoms with E-state index in [4.69, 9.17) is 4.74 Å². The summed E-state index contributed by atoms with van der Waals surface area (Å²) in [4.78, 5) is 2.48. The largest absolute Gasteiger partial charge is 0.492 e. The summed E-state index contributed by atoms with van der Waals surface area (Å²) in [5.74, 6) is 0.985. The van der Waals surface area contributed by atoms with E-state index >= 15 is 0 Å². The molecule has 1 aliphatic rings. The van der Waals surface area contributed by atoms with E-state index in [1.807, 2.05) is 6.92 Å². The van der Waals surface area contributed by atoms with Gasteiger partial charge in [0.15, 0.2) is 0 Å². The van der Waals surface area contributed by atoms with E-state index in [0.29, 0.717) is 6.61 Å². The highest BCUT2D eigenvalue weighted by molar-refractivity contribution is 9.11. The minimum absolute atomic E-state index is 0.695. The van der Waals surface area contributed by atoms with E-state index in [9.17, 15) is 0 Å². The summed E-state index contributed by atoms with van der Waals surface area (Å²) in [6, 6.07) is 4.94. The maximum Gasteiger partial charge on any atom is 0.138 e. The minimum Gasteiger partial charge on any atom is -0.492 e. The van der Waals surface area contributed by atoms with Gasteiger partial charge in [0.1, 0.15) is 5.75 Å². The molecule has 1 aliphatic carbocycles. The first-order valence-corrected chi connectivity index (χ1v) is 9.01. The van der Waals surface area contributed by atoms with E-state index in [2.05, 4.69) is 55.9 Å². The lowest BCUT2D eigenvalue weighted by Gasteiger charge is -2.31. The predicted molar refractivity (Wildman–Crippen MR) is 91.4 cm³/mol. The molecular weight excluding hydrogens is 382 g/mol. The lowest BCUT2D eigenvalue weighted by Crippen LogP contribution is -2.33. The van der Waals surface area contributed by atoms with E-state index in [1.165, 1.54) is 37.7 Å². The molecule has 0 aliphatic heterocycles. The van der Waals surface area contributed by atoms with Crippen LogP contribution in [0.15, 0.2) is 21.1 Å². The topological polar surface area (TPSA) is 12.5 Å². The second-order valence-electron chi connectivity index (χ2n) is 5.52. The van der Waals surface area contributed by atoms with Crippen LogP contribution in [0.1, 0.15) is 44.6 Å². The Hall–Kier alpha value is -0.0600. The predicted octanol–water partition coefficient (Wildman–Crippen LogP) is 5.37. The standard InChI is InChI=1S/C16H23Br2NO/c1-3-20-16-12(9-13(17)10-15(16)18)11-19(2)14-7-5-4-6-8-14/h9-10,14H,3-8,11H2,1-2H3. The van der Waals surface area contributed by atoms with Crippen LogP contribution in [0.25, 0.3) is 0 Å². The Bertz CT molecular complexity index is 444. The second kappa shape index (κ2) is 7.81. The van der Waals surface area contributed by atoms with Gasteiger partial charge in [-0.2, -0.15) is 0 Å². The van der Waals surface area contributed by atoms with E-state index in [1.54, 1.807) is 0 Å². The highest BCUT2D eigenvalue weighted by Gasteiger charge is 2.20. The van der Waals surface area contributed by atoms with Gasteiger partial charge in [0.2, 0.25) is 0 Å². The third kappa shape index (κ3) is 4.22. The Kier molecular flexibility index (Phi) is 6.37. The molecule has 0 amide bonds. The fraction of sp³-hybridized carbons (Fsp3) is 0.625. The third-order valence-electron chi connectivity index (χ3n) is 3.99. The quantitative estimate of drug-likeness (QED) is 0.653. The number of ether oxygens (including phenoxy) is 1. The minimum atomic E-state index is 0.695. The Labute approximate surface area is 139 Å². The van der Waals surface area contributed by atoms with Crippen molar-refractivity contribution in [2.45, 2.75) is 51.6 Å². The van der Waals surface area contributed by atoms with Crippen LogP contribution < -0.4 is 4.74 Å². The highest BCUT2D eigenvalue weighted by Crippen LogP contribution is 2.34. The van der Waals surface area contributed by atoms with Crippen molar-refractivity contribution in [2.24, 2.45) is 0 Å². The summed E-state index contributed by atoms with van der Waals surface area (Å²) < 4.78 is 7.94. The number of halogens is 2. The maximum atomic E-state index is 5.82. The molecule has 4 heteroatoms. The van der Waals surface area contributed by atoms with Crippen LogP contribution >= 0.6 is 31.9 Å². The van der Waals surface area contributed by atoms with Crippen molar-refractivity contribution in [2.75, 3.05) is 13.7 Å². The van der Waals surface area contributed by atoms with Gasteiger partial charge in [-0.05, 0) is 54.9 Å². The molecule has 1 aromatic rings. The summed E-state index contributed by atoms with van der Waals surface area (Å²) in [5, 5.41) is 0. The zero-order valence-corrected chi connectivity index (χ0v) is 15.5. The van der Waals surface area contributed by atoms with Crippen molar-refractivity contribution in [1.82, 2.24) is 4.90 Å². The maximum absolute atomic E-state index is 5.82. The van der Waals surface area contributed by atoms with Crippen molar-refractivity contribution < 1.29 is 4.74 Å². The zero-order chi connectivity index (χ0) is 14.5. The third-order valence-corrected chi connectivity index (χ3v) is 5.04. The fourth-order valence-corrected chi connectivity index (χ4v) is 4.38. The van der Waals surface area contributed by atoms with Crippen molar-refractivity contribution in [1.29, 1.82) is 0 Å². The average molecular weight is 405 g/mol. The molecule has 0 aromatic heterocycles. The van der Waals surface area contributed by atoms with Crippen LogP contribution in [-0.4, -0.2) is 24.6 Å². The number of rotatable bonds is 5. The van der Waals surface area contributed by atoms with Gasteiger partial charge in [-0.3, -0.25) is 4.90 Å². The SMILES string of the molecule is CCOc1c(Br)cc(Br)cc1CN(C)C1CCCCC1. The van der Waals surface area contributed by atoms with Gasteiger partial charge < -0.3 is 4.74 Å². The smallest absolute Gasteiger partial charge is 0.138 e. The van der Waals surface area contributed by atoms with Gasteiger partial charge >= 0.3 is 0 Å². The first kappa shape index (κ1) is 16.3. The number of benzene rings is 1. The molecule has 1 aromatic carbocycles. The van der Waals surface area contributed by atoms with Crippen molar-refractivity contribution in [3.63, 3.8) is 0 Å². The van der Waals surface area contributed by atoms with Gasteiger partial charge in [-0.15, -0.1) is 0 Å². The molecule has 0 atom stereocenters. The molecule has 0 N–H and O–H groups in total. The summed E-state index contributed by atoms with van der Waals surface area (Å²) in [7, 11) is 2.24. The van der Waals surface area contributed by atoms with E-state index in [0.717, 1.165) is 27.3 Å². The molecule has 1 fully saturated rings. The van der Waals surface area contributed by atoms with Gasteiger partial charge in [0.25, 0.3) is 0 Å². The molecule has 0 saturated heterocycles. The molecule has 0 spiro atoms. The number of hydrogen-bond acceptors (Lipinski definition) is 2. The summed E-state index contributed by atoms with van der Waals surface area (Å²) in [5.41, 5.74) is 1.25. The van der Waals surface area contributed by atoms with Gasteiger partial charge in [0.05, 0.1) is 11.1 Å². The number of nitrogens with zero attached hydrogens (tertiary/aromatic N) is 1. The molecule has 0 radical (unpaired) electrons. The molecule has 20 heavy (non-hydrogen) atoms. The van der Waals surface area contributed by atoms with Crippen LogP contribution in [0, 0.1) is 0 Å². The average Bonchev–Trinajstić information content (AvgIpc) is 2.43. The van der Waals surface area contributed by atoms with Crippen LogP contribution in [0.3, 0.4) is 0 Å². The van der Waals surface area contributed by atoms with Crippen LogP contribution in [0.2, 0.25) is 0 Å². The number of hydrogen-bond donors (Lipinski definition) is 0. The molecule has 1 saturated carbocycles. The molecule has 2 nitrogen and oxygen atoms in total. The summed E-state index contributed by atoms with van der Waals surface area (Å²) in [6.45, 7) is 3.67. The van der Waals surface area contributed by atoms with Gasteiger partial charge in [-0.1, -0.05) is 35.2 Å². The van der Waals surface area contributed by atoms with Gasteiger partial charge in [-0.25, -0.2) is 0 Å².